The molecule has 0 saturated heterocycles. The standard InChI is InChI=1S/C20H52O8Si5/c1-12-23-15-13-18-33(11,27-31(8,9)25-29(2,3)4)28-32(10,26-30(5,6)7)17-14-16-24-19-20(21)22/h20-22H,12-19H2,1-11H3. The van der Waals surface area contributed by atoms with Crippen molar-refractivity contribution in [2.75, 3.05) is 26.4 Å². The van der Waals surface area contributed by atoms with Gasteiger partial charge in [0.1, 0.15) is 0 Å². The van der Waals surface area contributed by atoms with Gasteiger partial charge in [0, 0.05) is 19.8 Å². The number of aliphatic hydroxyl groups is 2. The maximum Gasteiger partial charge on any atom is 0.317 e. The van der Waals surface area contributed by atoms with E-state index in [2.05, 4.69) is 65.5 Å². The number of hydrogen-bond donors (Lipinski definition) is 2. The Bertz CT molecular complexity index is 542. The second kappa shape index (κ2) is 14.5. The first-order valence-electron chi connectivity index (χ1n) is 12.1. The fourth-order valence-electron chi connectivity index (χ4n) is 3.95. The molecule has 0 amide bonds. The third kappa shape index (κ3) is 18.7. The van der Waals surface area contributed by atoms with E-state index in [9.17, 15) is 0 Å². The van der Waals surface area contributed by atoms with Crippen molar-refractivity contribution in [2.24, 2.45) is 0 Å². The van der Waals surface area contributed by atoms with E-state index in [0.29, 0.717) is 19.8 Å². The highest BCUT2D eigenvalue weighted by atomic mass is 28.5. The zero-order valence-corrected chi connectivity index (χ0v) is 28.1. The quantitative estimate of drug-likeness (QED) is 0.133. The Labute approximate surface area is 208 Å². The molecule has 0 fully saturated rings. The molecule has 8 nitrogen and oxygen atoms in total. The van der Waals surface area contributed by atoms with Gasteiger partial charge in [0.05, 0.1) is 6.61 Å². The van der Waals surface area contributed by atoms with Crippen LogP contribution in [0.25, 0.3) is 0 Å². The van der Waals surface area contributed by atoms with Crippen molar-refractivity contribution >= 4 is 42.3 Å². The second-order valence-corrected chi connectivity index (χ2v) is 31.3. The van der Waals surface area contributed by atoms with Crippen LogP contribution in [0.15, 0.2) is 0 Å². The predicted molar refractivity (Wildman–Crippen MR) is 146 cm³/mol. The first-order valence-corrected chi connectivity index (χ1v) is 26.8. The lowest BCUT2D eigenvalue weighted by Gasteiger charge is -2.44. The molecule has 2 atom stereocenters. The molecule has 0 bridgehead atoms. The van der Waals surface area contributed by atoms with E-state index in [-0.39, 0.29) is 6.61 Å². The highest BCUT2D eigenvalue weighted by Crippen LogP contribution is 2.31. The fourth-order valence-corrected chi connectivity index (χ4v) is 27.7. The van der Waals surface area contributed by atoms with Crippen molar-refractivity contribution in [3.05, 3.63) is 0 Å². The zero-order chi connectivity index (χ0) is 26.0. The van der Waals surface area contributed by atoms with Crippen LogP contribution in [0.3, 0.4) is 0 Å². The summed E-state index contributed by atoms with van der Waals surface area (Å²) in [6.45, 7) is 25.4. The molecular formula is C20H52O8Si5. The van der Waals surface area contributed by atoms with Gasteiger partial charge in [0.2, 0.25) is 0 Å². The van der Waals surface area contributed by atoms with Crippen LogP contribution in [-0.4, -0.2) is 85.2 Å². The van der Waals surface area contributed by atoms with E-state index in [1.165, 1.54) is 0 Å². The fraction of sp³-hybridized carbons (Fsp3) is 1.00. The molecule has 33 heavy (non-hydrogen) atoms. The number of ether oxygens (including phenoxy) is 2. The molecule has 0 aliphatic rings. The highest BCUT2D eigenvalue weighted by molar-refractivity contribution is 6.90. The summed E-state index contributed by atoms with van der Waals surface area (Å²) in [4.78, 5) is 0. The molecule has 0 spiro atoms. The minimum Gasteiger partial charge on any atom is -0.437 e. The number of aliphatic hydroxyl groups excluding tert-OH is 1. The molecule has 0 aliphatic heterocycles. The number of rotatable bonds is 19. The molecular weight excluding hydrogens is 509 g/mol. The predicted octanol–water partition coefficient (Wildman–Crippen LogP) is 4.71. The highest BCUT2D eigenvalue weighted by Gasteiger charge is 2.48. The Morgan fingerprint density at radius 2 is 1.06 bits per heavy atom. The van der Waals surface area contributed by atoms with E-state index in [1.54, 1.807) is 0 Å². The molecule has 0 aliphatic carbocycles. The first-order chi connectivity index (χ1) is 14.8. The molecule has 0 radical (unpaired) electrons. The summed E-state index contributed by atoms with van der Waals surface area (Å²) in [6, 6.07) is 1.58. The Kier molecular flexibility index (Phi) is 14.8. The summed E-state index contributed by atoms with van der Waals surface area (Å²) in [6.07, 6.45) is 0.162. The lowest BCUT2D eigenvalue weighted by Crippen LogP contribution is -2.60. The van der Waals surface area contributed by atoms with Crippen molar-refractivity contribution in [1.82, 2.24) is 0 Å². The molecule has 0 aromatic carbocycles. The minimum absolute atomic E-state index is 0.0885. The van der Waals surface area contributed by atoms with Crippen LogP contribution >= 0.6 is 0 Å². The average molecular weight is 561 g/mol. The van der Waals surface area contributed by atoms with Crippen molar-refractivity contribution < 1.29 is 36.1 Å². The van der Waals surface area contributed by atoms with E-state index >= 15 is 0 Å². The van der Waals surface area contributed by atoms with Crippen LogP contribution in [0.1, 0.15) is 19.8 Å². The Balaban J connectivity index is 5.59. The maximum atomic E-state index is 9.00. The van der Waals surface area contributed by atoms with Crippen molar-refractivity contribution in [1.29, 1.82) is 0 Å². The van der Waals surface area contributed by atoms with Gasteiger partial charge in [0.15, 0.2) is 22.9 Å². The van der Waals surface area contributed by atoms with Gasteiger partial charge >= 0.3 is 25.7 Å². The first kappa shape index (κ1) is 33.8. The molecule has 0 aromatic heterocycles. The van der Waals surface area contributed by atoms with E-state index in [4.69, 9.17) is 36.1 Å². The monoisotopic (exact) mass is 560 g/mol. The molecule has 2 N–H and O–H groups in total. The minimum atomic E-state index is -2.64. The summed E-state index contributed by atoms with van der Waals surface area (Å²) >= 11 is 0. The van der Waals surface area contributed by atoms with E-state index < -0.39 is 48.6 Å². The molecule has 2 unspecified atom stereocenters. The molecule has 200 valence electrons. The van der Waals surface area contributed by atoms with Gasteiger partial charge in [0.25, 0.3) is 0 Å². The van der Waals surface area contributed by atoms with Crippen molar-refractivity contribution in [2.45, 2.75) is 104 Å². The van der Waals surface area contributed by atoms with Crippen molar-refractivity contribution in [3.8, 4) is 0 Å². The van der Waals surface area contributed by atoms with Gasteiger partial charge in [-0.1, -0.05) is 0 Å². The Morgan fingerprint density at radius 1 is 0.606 bits per heavy atom. The van der Waals surface area contributed by atoms with Gasteiger partial charge < -0.3 is 36.1 Å². The van der Waals surface area contributed by atoms with E-state index in [0.717, 1.165) is 24.9 Å². The van der Waals surface area contributed by atoms with Gasteiger partial charge in [-0.15, -0.1) is 0 Å². The molecule has 0 heterocycles. The van der Waals surface area contributed by atoms with Crippen LogP contribution < -0.4 is 0 Å². The number of hydrogen-bond acceptors (Lipinski definition) is 8. The van der Waals surface area contributed by atoms with Gasteiger partial charge in [-0.25, -0.2) is 0 Å². The van der Waals surface area contributed by atoms with Crippen LogP contribution in [0.5, 0.6) is 0 Å². The van der Waals surface area contributed by atoms with Gasteiger partial charge in [-0.05, 0) is 97.3 Å². The largest absolute Gasteiger partial charge is 0.437 e. The van der Waals surface area contributed by atoms with Crippen LogP contribution in [0.4, 0.5) is 0 Å². The smallest absolute Gasteiger partial charge is 0.317 e. The third-order valence-electron chi connectivity index (χ3n) is 4.28. The van der Waals surface area contributed by atoms with Crippen LogP contribution in [-0.2, 0) is 25.9 Å². The third-order valence-corrected chi connectivity index (χ3v) is 22.5. The van der Waals surface area contributed by atoms with Gasteiger partial charge in [-0.2, -0.15) is 0 Å². The molecule has 0 rings (SSSR count). The lowest BCUT2D eigenvalue weighted by atomic mass is 10.5. The summed E-state index contributed by atoms with van der Waals surface area (Å²) in [5.41, 5.74) is 0. The normalized spacial score (nSPS) is 17.3. The van der Waals surface area contributed by atoms with Crippen LogP contribution in [0.2, 0.25) is 77.6 Å². The molecule has 0 saturated carbocycles. The summed E-state index contributed by atoms with van der Waals surface area (Å²) < 4.78 is 38.0. The Morgan fingerprint density at radius 3 is 1.48 bits per heavy atom. The SMILES string of the molecule is CCOCCC[Si](C)(O[Si](C)(C)O[Si](C)(C)C)O[Si](C)(CCCOCC(O)O)O[Si](C)(C)C. The maximum absolute atomic E-state index is 9.00. The van der Waals surface area contributed by atoms with Gasteiger partial charge in [-0.3, -0.25) is 0 Å². The summed E-state index contributed by atoms with van der Waals surface area (Å²) in [5.74, 6) is 0. The van der Waals surface area contributed by atoms with Crippen molar-refractivity contribution in [3.63, 3.8) is 0 Å². The van der Waals surface area contributed by atoms with E-state index in [1.807, 2.05) is 6.92 Å². The van der Waals surface area contributed by atoms with Crippen LogP contribution in [0, 0.1) is 0 Å². The molecule has 0 aromatic rings. The topological polar surface area (TPSA) is 95.8 Å². The lowest BCUT2D eigenvalue weighted by molar-refractivity contribution is -0.0945. The summed E-state index contributed by atoms with van der Waals surface area (Å²) in [5, 5.41) is 18.0. The summed E-state index contributed by atoms with van der Waals surface area (Å²) in [7, 11) is -11.3. The second-order valence-electron chi connectivity index (χ2n) is 11.3. The molecule has 13 heteroatoms. The Hall–Kier alpha value is 0.764. The average Bonchev–Trinajstić information content (AvgIpc) is 2.53. The zero-order valence-electron chi connectivity index (χ0n) is 23.1.